The SMILES string of the molecule is C=C(C)c1cc(C)c(C(=O)OC)s1. The summed E-state index contributed by atoms with van der Waals surface area (Å²) < 4.78 is 4.65. The number of hydrogen-bond donors (Lipinski definition) is 0. The summed E-state index contributed by atoms with van der Waals surface area (Å²) in [4.78, 5) is 12.9. The Bertz CT molecular complexity index is 350. The smallest absolute Gasteiger partial charge is 0.348 e. The van der Waals surface area contributed by atoms with Crippen LogP contribution in [0.3, 0.4) is 0 Å². The molecule has 0 unspecified atom stereocenters. The highest BCUT2D eigenvalue weighted by molar-refractivity contribution is 7.15. The van der Waals surface area contributed by atoms with Crippen molar-refractivity contribution in [1.82, 2.24) is 0 Å². The van der Waals surface area contributed by atoms with E-state index in [0.29, 0.717) is 4.88 Å². The molecule has 0 aliphatic carbocycles. The van der Waals surface area contributed by atoms with Crippen molar-refractivity contribution in [3.63, 3.8) is 0 Å². The molecule has 0 spiro atoms. The summed E-state index contributed by atoms with van der Waals surface area (Å²) >= 11 is 1.43. The first kappa shape index (κ1) is 9.99. The third-order valence-electron chi connectivity index (χ3n) is 1.71. The van der Waals surface area contributed by atoms with Gasteiger partial charge in [-0.25, -0.2) is 4.79 Å². The van der Waals surface area contributed by atoms with Crippen LogP contribution in [0.4, 0.5) is 0 Å². The second-order valence-corrected chi connectivity index (χ2v) is 3.95. The molecule has 0 N–H and O–H groups in total. The van der Waals surface area contributed by atoms with Crippen LogP contribution in [-0.2, 0) is 4.74 Å². The zero-order valence-corrected chi connectivity index (χ0v) is 8.83. The highest BCUT2D eigenvalue weighted by Crippen LogP contribution is 2.27. The van der Waals surface area contributed by atoms with Gasteiger partial charge in [-0.1, -0.05) is 6.58 Å². The molecule has 1 aromatic rings. The van der Waals surface area contributed by atoms with E-state index >= 15 is 0 Å². The Morgan fingerprint density at radius 2 is 2.23 bits per heavy atom. The van der Waals surface area contributed by atoms with Gasteiger partial charge in [0.25, 0.3) is 0 Å². The van der Waals surface area contributed by atoms with Crippen LogP contribution in [0.1, 0.15) is 27.0 Å². The molecule has 0 aliphatic rings. The zero-order chi connectivity index (χ0) is 10.0. The van der Waals surface area contributed by atoms with Crippen LogP contribution in [0.15, 0.2) is 12.6 Å². The molecule has 13 heavy (non-hydrogen) atoms. The number of esters is 1. The second kappa shape index (κ2) is 3.75. The fourth-order valence-electron chi connectivity index (χ4n) is 0.988. The Kier molecular flexibility index (Phi) is 2.88. The highest BCUT2D eigenvalue weighted by atomic mass is 32.1. The first-order valence-corrected chi connectivity index (χ1v) is 4.72. The van der Waals surface area contributed by atoms with E-state index in [-0.39, 0.29) is 5.97 Å². The topological polar surface area (TPSA) is 26.3 Å². The maximum Gasteiger partial charge on any atom is 0.348 e. The van der Waals surface area contributed by atoms with Gasteiger partial charge in [-0.15, -0.1) is 11.3 Å². The van der Waals surface area contributed by atoms with Crippen LogP contribution in [0.2, 0.25) is 0 Å². The number of methoxy groups -OCH3 is 1. The van der Waals surface area contributed by atoms with Gasteiger partial charge in [0.05, 0.1) is 7.11 Å². The van der Waals surface area contributed by atoms with Gasteiger partial charge in [0.1, 0.15) is 4.88 Å². The van der Waals surface area contributed by atoms with Crippen molar-refractivity contribution in [3.05, 3.63) is 28.0 Å². The van der Waals surface area contributed by atoms with Gasteiger partial charge in [-0.05, 0) is 31.1 Å². The molecule has 70 valence electrons. The maximum absolute atomic E-state index is 11.2. The minimum Gasteiger partial charge on any atom is -0.465 e. The molecule has 0 atom stereocenters. The highest BCUT2D eigenvalue weighted by Gasteiger charge is 2.13. The predicted octanol–water partition coefficient (Wildman–Crippen LogP) is 2.88. The van der Waals surface area contributed by atoms with Crippen molar-refractivity contribution in [3.8, 4) is 0 Å². The van der Waals surface area contributed by atoms with E-state index < -0.39 is 0 Å². The minimum atomic E-state index is -0.269. The van der Waals surface area contributed by atoms with E-state index in [4.69, 9.17) is 0 Å². The quantitative estimate of drug-likeness (QED) is 0.680. The molecule has 1 heterocycles. The third-order valence-corrected chi connectivity index (χ3v) is 3.09. The molecule has 0 saturated carbocycles. The summed E-state index contributed by atoms with van der Waals surface area (Å²) in [5.41, 5.74) is 1.93. The number of carbonyl (C=O) groups excluding carboxylic acids is 1. The fourth-order valence-corrected chi connectivity index (χ4v) is 2.00. The summed E-state index contributed by atoms with van der Waals surface area (Å²) in [5.74, 6) is -0.269. The number of allylic oxidation sites excluding steroid dienone is 1. The molecule has 0 aromatic carbocycles. The van der Waals surface area contributed by atoms with Crippen LogP contribution >= 0.6 is 11.3 Å². The zero-order valence-electron chi connectivity index (χ0n) is 8.01. The monoisotopic (exact) mass is 196 g/mol. The number of hydrogen-bond acceptors (Lipinski definition) is 3. The Morgan fingerprint density at radius 1 is 1.62 bits per heavy atom. The summed E-state index contributed by atoms with van der Waals surface area (Å²) in [7, 11) is 1.39. The lowest BCUT2D eigenvalue weighted by Gasteiger charge is -1.94. The number of aryl methyl sites for hydroxylation is 1. The van der Waals surface area contributed by atoms with E-state index in [1.54, 1.807) is 0 Å². The fraction of sp³-hybridized carbons (Fsp3) is 0.300. The molecule has 0 fully saturated rings. The lowest BCUT2D eigenvalue weighted by molar-refractivity contribution is 0.0605. The lowest BCUT2D eigenvalue weighted by atomic mass is 10.2. The molecule has 2 nitrogen and oxygen atoms in total. The molecule has 1 rings (SSSR count). The van der Waals surface area contributed by atoms with Gasteiger partial charge < -0.3 is 4.74 Å². The van der Waals surface area contributed by atoms with Crippen LogP contribution in [-0.4, -0.2) is 13.1 Å². The van der Waals surface area contributed by atoms with Crippen molar-refractivity contribution in [2.75, 3.05) is 7.11 Å². The summed E-state index contributed by atoms with van der Waals surface area (Å²) in [6, 6.07) is 1.96. The van der Waals surface area contributed by atoms with Crippen LogP contribution in [0.25, 0.3) is 5.57 Å². The minimum absolute atomic E-state index is 0.269. The summed E-state index contributed by atoms with van der Waals surface area (Å²) in [5, 5.41) is 0. The molecular weight excluding hydrogens is 184 g/mol. The number of rotatable bonds is 2. The molecule has 0 radical (unpaired) electrons. The van der Waals surface area contributed by atoms with Crippen LogP contribution < -0.4 is 0 Å². The first-order valence-electron chi connectivity index (χ1n) is 3.91. The van der Waals surface area contributed by atoms with Crippen LogP contribution in [0.5, 0.6) is 0 Å². The first-order chi connectivity index (χ1) is 6.06. The van der Waals surface area contributed by atoms with Gasteiger partial charge in [-0.2, -0.15) is 0 Å². The predicted molar refractivity (Wildman–Crippen MR) is 55.1 cm³/mol. The van der Waals surface area contributed by atoms with Crippen molar-refractivity contribution in [1.29, 1.82) is 0 Å². The molecule has 1 aromatic heterocycles. The van der Waals surface area contributed by atoms with Crippen molar-refractivity contribution in [2.45, 2.75) is 13.8 Å². The van der Waals surface area contributed by atoms with Crippen LogP contribution in [0, 0.1) is 6.92 Å². The maximum atomic E-state index is 11.2. The summed E-state index contributed by atoms with van der Waals surface area (Å²) in [6.07, 6.45) is 0. The molecule has 0 amide bonds. The van der Waals surface area contributed by atoms with Crippen molar-refractivity contribution in [2.24, 2.45) is 0 Å². The molecule has 0 bridgehead atoms. The summed E-state index contributed by atoms with van der Waals surface area (Å²) in [6.45, 7) is 7.64. The third kappa shape index (κ3) is 1.98. The lowest BCUT2D eigenvalue weighted by Crippen LogP contribution is -1.99. The van der Waals surface area contributed by atoms with Gasteiger partial charge in [-0.3, -0.25) is 0 Å². The van der Waals surface area contributed by atoms with Gasteiger partial charge >= 0.3 is 5.97 Å². The average Bonchev–Trinajstić information content (AvgIpc) is 2.46. The molecule has 0 aliphatic heterocycles. The Hall–Kier alpha value is -1.09. The van der Waals surface area contributed by atoms with E-state index in [9.17, 15) is 4.79 Å². The van der Waals surface area contributed by atoms with Gasteiger partial charge in [0, 0.05) is 4.88 Å². The van der Waals surface area contributed by atoms with E-state index in [1.807, 2.05) is 19.9 Å². The number of thiophene rings is 1. The molecular formula is C10H12O2S. The van der Waals surface area contributed by atoms with E-state index in [2.05, 4.69) is 11.3 Å². The Balaban J connectivity index is 3.10. The standard InChI is InChI=1S/C10H12O2S/c1-6(2)8-5-7(3)9(13-8)10(11)12-4/h5H,1H2,2-4H3. The van der Waals surface area contributed by atoms with Crippen molar-refractivity contribution >= 4 is 22.9 Å². The molecule has 0 saturated heterocycles. The van der Waals surface area contributed by atoms with Gasteiger partial charge in [0.2, 0.25) is 0 Å². The normalized spacial score (nSPS) is 9.77. The largest absolute Gasteiger partial charge is 0.465 e. The van der Waals surface area contributed by atoms with E-state index in [1.165, 1.54) is 18.4 Å². The van der Waals surface area contributed by atoms with E-state index in [0.717, 1.165) is 16.0 Å². The van der Waals surface area contributed by atoms with Gasteiger partial charge in [0.15, 0.2) is 0 Å². The number of carbonyl (C=O) groups is 1. The Morgan fingerprint density at radius 3 is 2.62 bits per heavy atom. The Labute approximate surface area is 81.8 Å². The van der Waals surface area contributed by atoms with Crippen molar-refractivity contribution < 1.29 is 9.53 Å². The molecule has 3 heteroatoms. The average molecular weight is 196 g/mol. The number of ether oxygens (including phenoxy) is 1. The second-order valence-electron chi connectivity index (χ2n) is 2.89.